The fraction of sp³-hybridized carbons (Fsp3) is 0.364. The van der Waals surface area contributed by atoms with Gasteiger partial charge in [0.05, 0.1) is 5.92 Å². The van der Waals surface area contributed by atoms with Crippen molar-refractivity contribution in [1.29, 1.82) is 0 Å². The molecule has 2 aliphatic rings. The Kier molecular flexibility index (Phi) is 5.45. The molecule has 2 unspecified atom stereocenters. The number of fused-ring (bicyclic) bond motifs is 3. The molecule has 1 amide bonds. The number of halogens is 2. The van der Waals surface area contributed by atoms with Gasteiger partial charge in [-0.15, -0.1) is 23.2 Å². The van der Waals surface area contributed by atoms with Crippen LogP contribution in [0.3, 0.4) is 0 Å². The number of rotatable bonds is 7. The summed E-state index contributed by atoms with van der Waals surface area (Å²) in [6.07, 6.45) is 0.272. The average molecular weight is 434 g/mol. The maximum Gasteiger partial charge on any atom is 0.407 e. The number of nitrogens with one attached hydrogen (secondary N) is 1. The van der Waals surface area contributed by atoms with Crippen molar-refractivity contribution < 1.29 is 19.4 Å². The topological polar surface area (TPSA) is 75.6 Å². The minimum absolute atomic E-state index is 0.0215. The van der Waals surface area contributed by atoms with E-state index in [4.69, 9.17) is 27.9 Å². The van der Waals surface area contributed by atoms with E-state index in [-0.39, 0.29) is 25.0 Å². The van der Waals surface area contributed by atoms with E-state index in [0.29, 0.717) is 12.8 Å². The van der Waals surface area contributed by atoms with Gasteiger partial charge in [0, 0.05) is 12.5 Å². The highest BCUT2D eigenvalue weighted by Crippen LogP contribution is 2.56. The van der Waals surface area contributed by atoms with Gasteiger partial charge in [-0.25, -0.2) is 4.79 Å². The summed E-state index contributed by atoms with van der Waals surface area (Å²) >= 11 is 12.0. The van der Waals surface area contributed by atoms with Gasteiger partial charge in [0.15, 0.2) is 0 Å². The van der Waals surface area contributed by atoms with Crippen molar-refractivity contribution in [1.82, 2.24) is 5.32 Å². The van der Waals surface area contributed by atoms with E-state index in [1.54, 1.807) is 0 Å². The predicted octanol–water partition coefficient (Wildman–Crippen LogP) is 4.81. The molecular weight excluding hydrogens is 413 g/mol. The fourth-order valence-electron chi connectivity index (χ4n) is 4.00. The number of alkyl carbamates (subject to hydrolysis) is 1. The van der Waals surface area contributed by atoms with Gasteiger partial charge >= 0.3 is 12.1 Å². The lowest BCUT2D eigenvalue weighted by Crippen LogP contribution is -2.34. The fourth-order valence-corrected chi connectivity index (χ4v) is 4.55. The number of carbonyl (C=O) groups excluding carboxylic acids is 1. The van der Waals surface area contributed by atoms with Crippen molar-refractivity contribution in [2.24, 2.45) is 11.8 Å². The Morgan fingerprint density at radius 1 is 1.10 bits per heavy atom. The first-order valence-corrected chi connectivity index (χ1v) is 10.3. The molecule has 0 radical (unpaired) electrons. The third-order valence-electron chi connectivity index (χ3n) is 5.71. The van der Waals surface area contributed by atoms with Crippen LogP contribution in [0.2, 0.25) is 0 Å². The largest absolute Gasteiger partial charge is 0.481 e. The summed E-state index contributed by atoms with van der Waals surface area (Å²) in [5.41, 5.74) is 4.55. The second kappa shape index (κ2) is 7.88. The predicted molar refractivity (Wildman–Crippen MR) is 111 cm³/mol. The van der Waals surface area contributed by atoms with E-state index < -0.39 is 22.3 Å². The number of alkyl halides is 2. The first kappa shape index (κ1) is 20.0. The first-order chi connectivity index (χ1) is 13.9. The summed E-state index contributed by atoms with van der Waals surface area (Å²) in [5, 5.41) is 11.9. The quantitative estimate of drug-likeness (QED) is 0.614. The molecule has 7 heteroatoms. The van der Waals surface area contributed by atoms with Crippen molar-refractivity contribution in [3.8, 4) is 11.1 Å². The monoisotopic (exact) mass is 433 g/mol. The van der Waals surface area contributed by atoms with Crippen molar-refractivity contribution in [2.45, 2.75) is 23.1 Å². The zero-order valence-electron chi connectivity index (χ0n) is 15.6. The summed E-state index contributed by atoms with van der Waals surface area (Å²) in [7, 11) is 0. The number of amides is 1. The van der Waals surface area contributed by atoms with Crippen LogP contribution in [0.5, 0.6) is 0 Å². The van der Waals surface area contributed by atoms with Crippen LogP contribution in [0.25, 0.3) is 11.1 Å². The molecule has 1 fully saturated rings. The Hall–Kier alpha value is -2.24. The lowest BCUT2D eigenvalue weighted by Gasteiger charge is -2.16. The van der Waals surface area contributed by atoms with Crippen molar-refractivity contribution in [3.63, 3.8) is 0 Å². The van der Waals surface area contributed by atoms with Crippen LogP contribution in [0, 0.1) is 11.8 Å². The average Bonchev–Trinajstić information content (AvgIpc) is 3.17. The van der Waals surface area contributed by atoms with Gasteiger partial charge in [0.1, 0.15) is 10.9 Å². The van der Waals surface area contributed by atoms with Gasteiger partial charge in [-0.3, -0.25) is 4.79 Å². The van der Waals surface area contributed by atoms with Crippen LogP contribution in [0.4, 0.5) is 4.79 Å². The second-order valence-electron chi connectivity index (χ2n) is 7.64. The molecule has 2 aromatic carbocycles. The molecule has 2 aromatic rings. The highest BCUT2D eigenvalue weighted by Gasteiger charge is 2.52. The Labute approximate surface area is 179 Å². The van der Waals surface area contributed by atoms with Crippen LogP contribution >= 0.6 is 23.2 Å². The number of ether oxygens (including phenoxy) is 1. The summed E-state index contributed by atoms with van der Waals surface area (Å²) < 4.78 is 4.60. The van der Waals surface area contributed by atoms with E-state index in [9.17, 15) is 14.7 Å². The van der Waals surface area contributed by atoms with Gasteiger partial charge in [0.2, 0.25) is 0 Å². The third kappa shape index (κ3) is 4.21. The van der Waals surface area contributed by atoms with Gasteiger partial charge in [-0.05, 0) is 41.0 Å². The molecule has 152 valence electrons. The number of aliphatic carboxylic acids is 1. The smallest absolute Gasteiger partial charge is 0.407 e. The molecule has 5 nitrogen and oxygen atoms in total. The Morgan fingerprint density at radius 3 is 2.17 bits per heavy atom. The normalized spacial score (nSPS) is 19.7. The Morgan fingerprint density at radius 2 is 1.66 bits per heavy atom. The lowest BCUT2D eigenvalue weighted by atomic mass is 9.98. The number of hydrogen-bond acceptors (Lipinski definition) is 3. The molecule has 1 saturated carbocycles. The minimum Gasteiger partial charge on any atom is -0.481 e. The van der Waals surface area contributed by atoms with E-state index in [1.807, 2.05) is 36.4 Å². The Bertz CT molecular complexity index is 900. The maximum absolute atomic E-state index is 12.2. The van der Waals surface area contributed by atoms with Crippen molar-refractivity contribution in [2.75, 3.05) is 13.2 Å². The number of carboxylic acid groups (broad SMARTS) is 1. The maximum atomic E-state index is 12.2. The van der Waals surface area contributed by atoms with Crippen LogP contribution in [0.1, 0.15) is 29.9 Å². The summed E-state index contributed by atoms with van der Waals surface area (Å²) in [6, 6.07) is 16.2. The Balaban J connectivity index is 1.34. The second-order valence-corrected chi connectivity index (χ2v) is 9.18. The summed E-state index contributed by atoms with van der Waals surface area (Å²) in [4.78, 5) is 23.7. The zero-order valence-corrected chi connectivity index (χ0v) is 17.1. The molecule has 2 N–H and O–H groups in total. The van der Waals surface area contributed by atoms with E-state index in [2.05, 4.69) is 17.4 Å². The lowest BCUT2D eigenvalue weighted by molar-refractivity contribution is -0.141. The zero-order chi connectivity index (χ0) is 20.6. The van der Waals surface area contributed by atoms with Crippen LogP contribution in [-0.4, -0.2) is 34.7 Å². The standard InChI is InChI=1S/C22H21Cl2NO4/c23-22(24)10-14(22)9-13(20(26)27)11-25-21(28)29-12-19-17-7-3-1-5-15(17)16-6-2-4-8-18(16)19/h1-8,13-14,19H,9-12H2,(H,25,28)(H,26,27). The van der Waals surface area contributed by atoms with Crippen LogP contribution < -0.4 is 5.32 Å². The molecule has 29 heavy (non-hydrogen) atoms. The van der Waals surface area contributed by atoms with Crippen LogP contribution in [0.15, 0.2) is 48.5 Å². The van der Waals surface area contributed by atoms with Gasteiger partial charge in [-0.2, -0.15) is 0 Å². The first-order valence-electron chi connectivity index (χ1n) is 9.56. The molecule has 2 aliphatic carbocycles. The summed E-state index contributed by atoms with van der Waals surface area (Å²) in [5.74, 6) is -1.83. The van der Waals surface area contributed by atoms with Gasteiger partial charge < -0.3 is 15.2 Å². The number of carboxylic acids is 1. The molecule has 4 rings (SSSR count). The number of hydrogen-bond donors (Lipinski definition) is 2. The van der Waals surface area contributed by atoms with E-state index in [0.717, 1.165) is 22.3 Å². The summed E-state index contributed by atoms with van der Waals surface area (Å²) in [6.45, 7) is 0.166. The van der Waals surface area contributed by atoms with Crippen molar-refractivity contribution in [3.05, 3.63) is 59.7 Å². The highest BCUT2D eigenvalue weighted by molar-refractivity contribution is 6.50. The van der Waals surface area contributed by atoms with E-state index in [1.165, 1.54) is 0 Å². The molecule has 2 atom stereocenters. The van der Waals surface area contributed by atoms with Crippen LogP contribution in [-0.2, 0) is 9.53 Å². The molecular formula is C22H21Cl2NO4. The molecule has 0 spiro atoms. The number of carbonyl (C=O) groups is 2. The van der Waals surface area contributed by atoms with Gasteiger partial charge in [-0.1, -0.05) is 48.5 Å². The molecule has 0 aromatic heterocycles. The minimum atomic E-state index is -0.986. The van der Waals surface area contributed by atoms with E-state index >= 15 is 0 Å². The third-order valence-corrected chi connectivity index (χ3v) is 6.64. The number of benzene rings is 2. The van der Waals surface area contributed by atoms with Crippen molar-refractivity contribution >= 4 is 35.3 Å². The molecule has 0 bridgehead atoms. The SMILES string of the molecule is O=C(NCC(CC1CC1(Cl)Cl)C(=O)O)OCC1c2ccccc2-c2ccccc21. The molecule has 0 heterocycles. The molecule has 0 saturated heterocycles. The van der Waals surface area contributed by atoms with Gasteiger partial charge in [0.25, 0.3) is 0 Å². The highest BCUT2D eigenvalue weighted by atomic mass is 35.5. The molecule has 0 aliphatic heterocycles.